The maximum atomic E-state index is 12.9. The third-order valence-corrected chi connectivity index (χ3v) is 6.45. The summed E-state index contributed by atoms with van der Waals surface area (Å²) in [6.07, 6.45) is 7.75. The summed E-state index contributed by atoms with van der Waals surface area (Å²) in [6.45, 7) is 6.96. The standard InChI is InChI=1S/C28H35NO3/c1-20(2)24-16-15-21(3)18-23(24)19-27(30)29-26-14-8-7-13-25(26)28(31)32-17-9-12-22-10-5-4-6-11-22/h4-14,20-21,23-24H,15-19H2,1-3H3,(H,29,30)/b12-9+. The molecule has 1 N–H and O–H groups in total. The molecule has 0 radical (unpaired) electrons. The number of ether oxygens (including phenoxy) is 1. The van der Waals surface area contributed by atoms with Crippen LogP contribution in [0.5, 0.6) is 0 Å². The molecular weight excluding hydrogens is 398 g/mol. The van der Waals surface area contributed by atoms with E-state index in [-0.39, 0.29) is 12.5 Å². The van der Waals surface area contributed by atoms with Gasteiger partial charge in [-0.15, -0.1) is 0 Å². The molecule has 0 saturated heterocycles. The van der Waals surface area contributed by atoms with Crippen LogP contribution in [-0.4, -0.2) is 18.5 Å². The molecule has 1 fully saturated rings. The molecule has 0 aliphatic heterocycles. The molecule has 1 amide bonds. The summed E-state index contributed by atoms with van der Waals surface area (Å²) in [5.41, 5.74) is 1.94. The van der Waals surface area contributed by atoms with E-state index in [2.05, 4.69) is 26.1 Å². The Balaban J connectivity index is 1.58. The Kier molecular flexibility index (Phi) is 8.66. The van der Waals surface area contributed by atoms with E-state index < -0.39 is 5.97 Å². The highest BCUT2D eigenvalue weighted by molar-refractivity contribution is 6.01. The number of hydrogen-bond donors (Lipinski definition) is 1. The number of anilines is 1. The number of amides is 1. The van der Waals surface area contributed by atoms with Crippen molar-refractivity contribution in [3.8, 4) is 0 Å². The van der Waals surface area contributed by atoms with Crippen LogP contribution in [0.3, 0.4) is 0 Å². The zero-order valence-electron chi connectivity index (χ0n) is 19.4. The number of carbonyl (C=O) groups excluding carboxylic acids is 2. The van der Waals surface area contributed by atoms with Gasteiger partial charge in [0.2, 0.25) is 5.91 Å². The van der Waals surface area contributed by atoms with Gasteiger partial charge in [0.1, 0.15) is 6.61 Å². The van der Waals surface area contributed by atoms with Gasteiger partial charge in [-0.1, -0.05) is 75.7 Å². The van der Waals surface area contributed by atoms with Crippen molar-refractivity contribution in [2.45, 2.75) is 46.5 Å². The fraction of sp³-hybridized carbons (Fsp3) is 0.429. The summed E-state index contributed by atoms with van der Waals surface area (Å²) in [5.74, 6) is 1.74. The first-order valence-corrected chi connectivity index (χ1v) is 11.7. The number of para-hydroxylation sites is 1. The highest BCUT2D eigenvalue weighted by Gasteiger charge is 2.32. The second-order valence-electron chi connectivity index (χ2n) is 9.30. The van der Waals surface area contributed by atoms with Crippen LogP contribution in [0.2, 0.25) is 0 Å². The quantitative estimate of drug-likeness (QED) is 0.478. The summed E-state index contributed by atoms with van der Waals surface area (Å²) in [5, 5.41) is 2.97. The normalized spacial score (nSPS) is 20.9. The molecule has 4 heteroatoms. The number of hydrogen-bond acceptors (Lipinski definition) is 3. The molecule has 3 rings (SSSR count). The molecular formula is C28H35NO3. The molecule has 0 heterocycles. The van der Waals surface area contributed by atoms with Crippen molar-refractivity contribution < 1.29 is 14.3 Å². The molecule has 3 atom stereocenters. The van der Waals surface area contributed by atoms with Crippen LogP contribution in [0, 0.1) is 23.7 Å². The molecule has 170 valence electrons. The van der Waals surface area contributed by atoms with Crippen LogP contribution >= 0.6 is 0 Å². The monoisotopic (exact) mass is 433 g/mol. The molecule has 2 aromatic carbocycles. The summed E-state index contributed by atoms with van der Waals surface area (Å²) < 4.78 is 5.41. The maximum absolute atomic E-state index is 12.9. The Morgan fingerprint density at radius 1 is 1.06 bits per heavy atom. The van der Waals surface area contributed by atoms with Gasteiger partial charge in [-0.25, -0.2) is 4.79 Å². The predicted octanol–water partition coefficient (Wildman–Crippen LogP) is 6.59. The van der Waals surface area contributed by atoms with E-state index in [1.54, 1.807) is 18.2 Å². The topological polar surface area (TPSA) is 55.4 Å². The van der Waals surface area contributed by atoms with Crippen LogP contribution in [0.25, 0.3) is 6.08 Å². The van der Waals surface area contributed by atoms with E-state index >= 15 is 0 Å². The van der Waals surface area contributed by atoms with Crippen molar-refractivity contribution >= 4 is 23.6 Å². The molecule has 3 unspecified atom stereocenters. The van der Waals surface area contributed by atoms with Crippen molar-refractivity contribution in [2.75, 3.05) is 11.9 Å². The van der Waals surface area contributed by atoms with E-state index in [9.17, 15) is 9.59 Å². The van der Waals surface area contributed by atoms with Crippen LogP contribution in [0.15, 0.2) is 60.7 Å². The highest BCUT2D eigenvalue weighted by Crippen LogP contribution is 2.39. The maximum Gasteiger partial charge on any atom is 0.340 e. The molecule has 4 nitrogen and oxygen atoms in total. The van der Waals surface area contributed by atoms with E-state index in [1.807, 2.05) is 48.6 Å². The van der Waals surface area contributed by atoms with E-state index in [0.29, 0.717) is 41.3 Å². The minimum absolute atomic E-state index is 0.0287. The number of nitrogens with one attached hydrogen (secondary N) is 1. The summed E-state index contributed by atoms with van der Waals surface area (Å²) in [7, 11) is 0. The van der Waals surface area contributed by atoms with Gasteiger partial charge in [-0.3, -0.25) is 4.79 Å². The molecule has 1 saturated carbocycles. The second-order valence-corrected chi connectivity index (χ2v) is 9.30. The van der Waals surface area contributed by atoms with Gasteiger partial charge >= 0.3 is 5.97 Å². The van der Waals surface area contributed by atoms with Gasteiger partial charge in [-0.2, -0.15) is 0 Å². The Labute approximate surface area is 192 Å². The van der Waals surface area contributed by atoms with Gasteiger partial charge in [0.25, 0.3) is 0 Å². The Morgan fingerprint density at radius 2 is 1.78 bits per heavy atom. The molecule has 1 aliphatic carbocycles. The van der Waals surface area contributed by atoms with E-state index in [1.165, 1.54) is 12.8 Å². The van der Waals surface area contributed by atoms with Gasteiger partial charge in [0.05, 0.1) is 11.3 Å². The second kappa shape index (κ2) is 11.7. The largest absolute Gasteiger partial charge is 0.458 e. The fourth-order valence-electron chi connectivity index (χ4n) is 4.79. The lowest BCUT2D eigenvalue weighted by Crippen LogP contribution is -2.31. The predicted molar refractivity (Wildman–Crippen MR) is 130 cm³/mol. The van der Waals surface area contributed by atoms with Crippen molar-refractivity contribution in [3.05, 3.63) is 71.8 Å². The molecule has 1 aliphatic rings. The fourth-order valence-corrected chi connectivity index (χ4v) is 4.79. The summed E-state index contributed by atoms with van der Waals surface area (Å²) in [6, 6.07) is 16.9. The Morgan fingerprint density at radius 3 is 2.53 bits per heavy atom. The van der Waals surface area contributed by atoms with E-state index in [0.717, 1.165) is 12.0 Å². The number of benzene rings is 2. The van der Waals surface area contributed by atoms with E-state index in [4.69, 9.17) is 4.74 Å². The lowest BCUT2D eigenvalue weighted by molar-refractivity contribution is -0.118. The van der Waals surface area contributed by atoms with Crippen molar-refractivity contribution in [1.82, 2.24) is 0 Å². The molecule has 32 heavy (non-hydrogen) atoms. The average Bonchev–Trinajstić information content (AvgIpc) is 2.77. The molecule has 2 aromatic rings. The zero-order chi connectivity index (χ0) is 22.9. The molecule has 0 bridgehead atoms. The van der Waals surface area contributed by atoms with Gasteiger partial charge in [0, 0.05) is 6.42 Å². The third kappa shape index (κ3) is 6.81. The first kappa shape index (κ1) is 23.8. The summed E-state index contributed by atoms with van der Waals surface area (Å²) in [4.78, 5) is 25.5. The zero-order valence-corrected chi connectivity index (χ0v) is 19.4. The SMILES string of the molecule is CC1CCC(C(C)C)C(CC(=O)Nc2ccccc2C(=O)OC/C=C/c2ccccc2)C1. The minimum atomic E-state index is -0.440. The van der Waals surface area contributed by atoms with Gasteiger partial charge in [0.15, 0.2) is 0 Å². The number of rotatable bonds is 8. The van der Waals surface area contributed by atoms with Crippen molar-refractivity contribution in [3.63, 3.8) is 0 Å². The van der Waals surface area contributed by atoms with Crippen LogP contribution < -0.4 is 5.32 Å². The first-order chi connectivity index (χ1) is 15.4. The lowest BCUT2D eigenvalue weighted by atomic mass is 9.69. The smallest absolute Gasteiger partial charge is 0.340 e. The minimum Gasteiger partial charge on any atom is -0.458 e. The van der Waals surface area contributed by atoms with Crippen LogP contribution in [0.4, 0.5) is 5.69 Å². The average molecular weight is 434 g/mol. The Bertz CT molecular complexity index is 919. The van der Waals surface area contributed by atoms with Crippen LogP contribution in [0.1, 0.15) is 62.4 Å². The molecule has 0 aromatic heterocycles. The molecule has 0 spiro atoms. The number of carbonyl (C=O) groups is 2. The Hall–Kier alpha value is -2.88. The summed E-state index contributed by atoms with van der Waals surface area (Å²) >= 11 is 0. The number of esters is 1. The van der Waals surface area contributed by atoms with Gasteiger partial charge in [-0.05, 0) is 60.3 Å². The highest BCUT2D eigenvalue weighted by atomic mass is 16.5. The lowest BCUT2D eigenvalue weighted by Gasteiger charge is -2.37. The van der Waals surface area contributed by atoms with Crippen LogP contribution in [-0.2, 0) is 9.53 Å². The van der Waals surface area contributed by atoms with Gasteiger partial charge < -0.3 is 10.1 Å². The first-order valence-electron chi connectivity index (χ1n) is 11.7. The van der Waals surface area contributed by atoms with Crippen molar-refractivity contribution in [1.29, 1.82) is 0 Å². The third-order valence-electron chi connectivity index (χ3n) is 6.45. The van der Waals surface area contributed by atoms with Crippen molar-refractivity contribution in [2.24, 2.45) is 23.7 Å².